The zero-order chi connectivity index (χ0) is 42.5. The summed E-state index contributed by atoms with van der Waals surface area (Å²) in [6.07, 6.45) is 0. The maximum atomic E-state index is 2.37. The lowest BCUT2D eigenvalue weighted by atomic mass is 9.96. The van der Waals surface area contributed by atoms with Crippen LogP contribution in [-0.4, -0.2) is 60.2 Å². The second kappa shape index (κ2) is 18.4. The molecule has 11 rings (SSSR count). The molecule has 0 atom stereocenters. The first kappa shape index (κ1) is 41.9. The first-order valence-electron chi connectivity index (χ1n) is 21.5. The van der Waals surface area contributed by atoms with Crippen molar-refractivity contribution in [1.82, 2.24) is 18.9 Å². The molecule has 0 saturated carbocycles. The van der Waals surface area contributed by atoms with E-state index in [1.807, 2.05) is 13.8 Å². The van der Waals surface area contributed by atoms with E-state index >= 15 is 0 Å². The normalized spacial score (nSPS) is 11.3. The Morgan fingerprint density at radius 2 is 0.733 bits per heavy atom. The van der Waals surface area contributed by atoms with Crippen LogP contribution in [0.15, 0.2) is 158 Å². The van der Waals surface area contributed by atoms with Gasteiger partial charge in [-0.3, -0.25) is 0 Å². The highest BCUT2D eigenvalue weighted by Crippen LogP contribution is 2.41. The summed E-state index contributed by atoms with van der Waals surface area (Å²) < 4.78 is 4.69. The quantitative estimate of drug-likeness (QED) is 0.162. The minimum Gasteiger partial charge on any atom is -0.343 e. The van der Waals surface area contributed by atoms with Crippen LogP contribution in [-0.2, 0) is 14.1 Å². The Hall–Kier alpha value is -6.20. The van der Waals surface area contributed by atoms with Gasteiger partial charge in [-0.05, 0) is 103 Å². The topological polar surface area (TPSA) is 16.3 Å². The summed E-state index contributed by atoms with van der Waals surface area (Å²) in [5.74, 6) is 0. The van der Waals surface area contributed by atoms with Crippen molar-refractivity contribution in [3.05, 3.63) is 158 Å². The van der Waals surface area contributed by atoms with E-state index < -0.39 is 0 Å². The van der Waals surface area contributed by atoms with E-state index in [9.17, 15) is 0 Å². The molecule has 60 heavy (non-hydrogen) atoms. The molecule has 2 aromatic heterocycles. The van der Waals surface area contributed by atoms with Crippen molar-refractivity contribution in [1.29, 1.82) is 0 Å². The van der Waals surface area contributed by atoms with Crippen molar-refractivity contribution < 1.29 is 0 Å². The Morgan fingerprint density at radius 3 is 1.35 bits per heavy atom. The zero-order valence-electron chi connectivity index (χ0n) is 37.2. The first-order valence-corrected chi connectivity index (χ1v) is 21.5. The van der Waals surface area contributed by atoms with E-state index in [-0.39, 0.29) is 0 Å². The summed E-state index contributed by atoms with van der Waals surface area (Å²) in [6.45, 7) is 10.5. The molecule has 0 bridgehead atoms. The molecule has 9 aromatic carbocycles. The molecule has 0 spiro atoms. The second-order valence-electron chi connectivity index (χ2n) is 15.8. The molecule has 304 valence electrons. The third-order valence-corrected chi connectivity index (χ3v) is 11.8. The van der Waals surface area contributed by atoms with Crippen LogP contribution < -0.4 is 0 Å². The van der Waals surface area contributed by atoms with Gasteiger partial charge in [0.15, 0.2) is 0 Å². The molecule has 0 aliphatic carbocycles. The van der Waals surface area contributed by atoms with Crippen LogP contribution in [0.4, 0.5) is 0 Å². The molecule has 0 N–H and O–H groups in total. The number of benzene rings is 9. The summed E-state index contributed by atoms with van der Waals surface area (Å²) in [5, 5.41) is 18.5. The third-order valence-electron chi connectivity index (χ3n) is 11.8. The number of hydrogen-bond donors (Lipinski definition) is 0. The van der Waals surface area contributed by atoms with Crippen molar-refractivity contribution in [2.24, 2.45) is 14.1 Å². The first-order chi connectivity index (χ1) is 29.2. The number of nitrogens with zero attached hydrogens (tertiary/aromatic N) is 4. The highest BCUT2D eigenvalue weighted by atomic mass is 15.0. The molecule has 0 radical (unpaired) electrons. The predicted molar refractivity (Wildman–Crippen MR) is 268 cm³/mol. The van der Waals surface area contributed by atoms with E-state index in [4.69, 9.17) is 0 Å². The molecule has 0 aliphatic heterocycles. The summed E-state index contributed by atoms with van der Waals surface area (Å²) >= 11 is 0. The number of aromatic nitrogens is 2. The summed E-state index contributed by atoms with van der Waals surface area (Å²) in [7, 11) is 12.6. The largest absolute Gasteiger partial charge is 0.343 e. The van der Waals surface area contributed by atoms with Gasteiger partial charge in [0.25, 0.3) is 0 Å². The van der Waals surface area contributed by atoms with Crippen LogP contribution >= 0.6 is 0 Å². The Balaban J connectivity index is 0.000000145. The van der Waals surface area contributed by atoms with Crippen LogP contribution in [0.2, 0.25) is 0 Å². The minimum absolute atomic E-state index is 1.14. The highest BCUT2D eigenvalue weighted by Gasteiger charge is 2.17. The Labute approximate surface area is 355 Å². The van der Waals surface area contributed by atoms with Crippen molar-refractivity contribution in [3.8, 4) is 0 Å². The van der Waals surface area contributed by atoms with Gasteiger partial charge in [0.05, 0.1) is 11.0 Å². The molecule has 0 aliphatic rings. The summed E-state index contributed by atoms with van der Waals surface area (Å²) in [6, 6.07) is 57.2. The lowest BCUT2D eigenvalue weighted by Gasteiger charge is -2.08. The standard InChI is InChI=1S/C25H17N.C21H15N.2C4H11N.C2H6/c1-26-23-15-17-9-3-2-8-16(17)14-22(23)24-20-12-6-4-10-18(20)19-11-5-7-13-21(19)25(24)26;1-22-20-9-5-4-8-17(20)19-13-12-16-15-7-3-2-6-14(15)10-11-18(16)21(19)22;2*1-4-5(2)3;1-2/h2-15H,1H3;2-13H,1H3;2*4H2,1-3H3;1-2H3. The van der Waals surface area contributed by atoms with Gasteiger partial charge in [-0.25, -0.2) is 0 Å². The predicted octanol–water partition coefficient (Wildman–Crippen LogP) is 14.6. The minimum atomic E-state index is 1.14. The van der Waals surface area contributed by atoms with Gasteiger partial charge in [-0.1, -0.05) is 167 Å². The van der Waals surface area contributed by atoms with Gasteiger partial charge in [-0.15, -0.1) is 0 Å². The maximum Gasteiger partial charge on any atom is 0.0574 e. The third kappa shape index (κ3) is 7.81. The van der Waals surface area contributed by atoms with E-state index in [1.165, 1.54) is 97.5 Å². The van der Waals surface area contributed by atoms with Crippen molar-refractivity contribution >= 4 is 97.5 Å². The van der Waals surface area contributed by atoms with E-state index in [0.29, 0.717) is 0 Å². The molecule has 4 nitrogen and oxygen atoms in total. The van der Waals surface area contributed by atoms with Crippen molar-refractivity contribution in [3.63, 3.8) is 0 Å². The Bertz CT molecular complexity index is 3230. The molecule has 0 unspecified atom stereocenters. The molecule has 0 saturated heterocycles. The molecular formula is C56H60N4. The van der Waals surface area contributed by atoms with Crippen LogP contribution in [0.3, 0.4) is 0 Å². The zero-order valence-corrected chi connectivity index (χ0v) is 37.2. The van der Waals surface area contributed by atoms with Gasteiger partial charge < -0.3 is 18.9 Å². The fourth-order valence-electron chi connectivity index (χ4n) is 8.34. The number of hydrogen-bond acceptors (Lipinski definition) is 2. The fourth-order valence-corrected chi connectivity index (χ4v) is 8.34. The van der Waals surface area contributed by atoms with Gasteiger partial charge in [0.2, 0.25) is 0 Å². The van der Waals surface area contributed by atoms with E-state index in [1.54, 1.807) is 0 Å². The monoisotopic (exact) mass is 788 g/mol. The van der Waals surface area contributed by atoms with Crippen molar-refractivity contribution in [2.75, 3.05) is 41.3 Å². The summed E-state index contributed by atoms with van der Waals surface area (Å²) in [5.41, 5.74) is 5.23. The average Bonchev–Trinajstić information content (AvgIpc) is 3.76. The van der Waals surface area contributed by atoms with Crippen LogP contribution in [0.5, 0.6) is 0 Å². The number of para-hydroxylation sites is 1. The van der Waals surface area contributed by atoms with Crippen LogP contribution in [0.25, 0.3) is 97.5 Å². The van der Waals surface area contributed by atoms with E-state index in [2.05, 4.69) is 233 Å². The molecular weight excluding hydrogens is 729 g/mol. The second-order valence-corrected chi connectivity index (χ2v) is 15.8. The van der Waals surface area contributed by atoms with Crippen molar-refractivity contribution in [2.45, 2.75) is 27.7 Å². The molecule has 2 heterocycles. The Morgan fingerprint density at radius 1 is 0.350 bits per heavy atom. The molecule has 4 heteroatoms. The average molecular weight is 789 g/mol. The summed E-state index contributed by atoms with van der Waals surface area (Å²) in [4.78, 5) is 4.25. The fraction of sp³-hybridized carbons (Fsp3) is 0.214. The van der Waals surface area contributed by atoms with Gasteiger partial charge >= 0.3 is 0 Å². The Kier molecular flexibility index (Phi) is 12.8. The molecule has 11 aromatic rings. The highest BCUT2D eigenvalue weighted by molar-refractivity contribution is 6.32. The SMILES string of the molecule is CC.CCN(C)C.CCN(C)C.Cn1c2cc3ccccc3cc2c2c3ccccc3c3ccccc3c21.Cn1c2ccccc2c2ccc3c4ccccc4ccc3c21. The van der Waals surface area contributed by atoms with E-state index in [0.717, 1.165) is 13.1 Å². The molecule has 0 fully saturated rings. The lowest BCUT2D eigenvalue weighted by molar-refractivity contribution is 0.434. The van der Waals surface area contributed by atoms with Crippen LogP contribution in [0.1, 0.15) is 27.7 Å². The number of aryl methyl sites for hydroxylation is 2. The van der Waals surface area contributed by atoms with Gasteiger partial charge in [-0.2, -0.15) is 0 Å². The number of rotatable bonds is 2. The number of fused-ring (bicyclic) bond motifs is 16. The lowest BCUT2D eigenvalue weighted by Crippen LogP contribution is -2.08. The van der Waals surface area contributed by atoms with Gasteiger partial charge in [0, 0.05) is 57.4 Å². The van der Waals surface area contributed by atoms with Crippen LogP contribution in [0, 0.1) is 0 Å². The molecule has 0 amide bonds. The van der Waals surface area contributed by atoms with Gasteiger partial charge in [0.1, 0.15) is 0 Å². The smallest absolute Gasteiger partial charge is 0.0574 e. The maximum absolute atomic E-state index is 2.37.